The Morgan fingerprint density at radius 2 is 1.67 bits per heavy atom. The molecule has 5 rings (SSSR count). The number of alkyl halides is 3. The molecule has 1 saturated heterocycles. The SMILES string of the molecule is CC(C)c1ccc(-c2cc(C(F)(F)F)n3nc(C(=O)N4CCN(Cc5cccc(F)c5F)CC4)cc3n2)cc1. The van der Waals surface area contributed by atoms with Crippen LogP contribution in [0.1, 0.15) is 47.1 Å². The van der Waals surface area contributed by atoms with Gasteiger partial charge in [0.2, 0.25) is 0 Å². The van der Waals surface area contributed by atoms with Gasteiger partial charge in [-0.3, -0.25) is 9.69 Å². The van der Waals surface area contributed by atoms with Crippen LogP contribution < -0.4 is 0 Å². The molecule has 2 aromatic carbocycles. The molecular weight excluding hydrogens is 517 g/mol. The summed E-state index contributed by atoms with van der Waals surface area (Å²) in [6.07, 6.45) is -4.72. The highest BCUT2D eigenvalue weighted by Crippen LogP contribution is 2.33. The monoisotopic (exact) mass is 543 g/mol. The summed E-state index contributed by atoms with van der Waals surface area (Å²) >= 11 is 0. The average Bonchev–Trinajstić information content (AvgIpc) is 3.34. The smallest absolute Gasteiger partial charge is 0.335 e. The first-order chi connectivity index (χ1) is 18.5. The molecule has 0 spiro atoms. The van der Waals surface area contributed by atoms with E-state index in [2.05, 4.69) is 10.1 Å². The minimum absolute atomic E-state index is 0.0867. The van der Waals surface area contributed by atoms with Crippen molar-refractivity contribution in [3.63, 3.8) is 0 Å². The molecule has 1 aliphatic heterocycles. The first-order valence-corrected chi connectivity index (χ1v) is 12.5. The number of hydrogen-bond acceptors (Lipinski definition) is 4. The Bertz CT molecular complexity index is 1510. The van der Waals surface area contributed by atoms with Crippen LogP contribution >= 0.6 is 0 Å². The van der Waals surface area contributed by atoms with Crippen molar-refractivity contribution in [1.82, 2.24) is 24.4 Å². The molecule has 6 nitrogen and oxygen atoms in total. The molecule has 1 fully saturated rings. The summed E-state index contributed by atoms with van der Waals surface area (Å²) in [5.41, 5.74) is 0.650. The van der Waals surface area contributed by atoms with E-state index >= 15 is 0 Å². The lowest BCUT2D eigenvalue weighted by atomic mass is 10.0. The Balaban J connectivity index is 1.37. The summed E-state index contributed by atoms with van der Waals surface area (Å²) in [5.74, 6) is -2.07. The molecular formula is C28H26F5N5O. The standard InChI is InChI=1S/C28H26F5N5O/c1-17(2)18-6-8-19(9-7-18)22-14-24(28(31,32)33)38-25(34-22)15-23(35-38)27(39)37-12-10-36(11-13-37)16-20-4-3-5-21(29)26(20)30/h3-9,14-15,17H,10-13,16H2,1-2H3. The molecule has 204 valence electrons. The normalized spacial score (nSPS) is 14.9. The summed E-state index contributed by atoms with van der Waals surface area (Å²) in [7, 11) is 0. The van der Waals surface area contributed by atoms with Crippen LogP contribution in [0.25, 0.3) is 16.9 Å². The van der Waals surface area contributed by atoms with E-state index in [1.165, 1.54) is 23.1 Å². The maximum atomic E-state index is 14.0. The van der Waals surface area contributed by atoms with Crippen LogP contribution in [0.3, 0.4) is 0 Å². The van der Waals surface area contributed by atoms with Crippen molar-refractivity contribution in [2.45, 2.75) is 32.5 Å². The van der Waals surface area contributed by atoms with E-state index in [0.717, 1.165) is 17.7 Å². The van der Waals surface area contributed by atoms with Gasteiger partial charge in [-0.15, -0.1) is 0 Å². The zero-order valence-corrected chi connectivity index (χ0v) is 21.3. The van der Waals surface area contributed by atoms with Crippen molar-refractivity contribution < 1.29 is 26.7 Å². The second-order valence-corrected chi connectivity index (χ2v) is 9.88. The first-order valence-electron chi connectivity index (χ1n) is 12.5. The molecule has 0 bridgehead atoms. The number of piperazine rings is 1. The van der Waals surface area contributed by atoms with Gasteiger partial charge in [-0.05, 0) is 23.6 Å². The van der Waals surface area contributed by atoms with E-state index in [0.29, 0.717) is 23.2 Å². The quantitative estimate of drug-likeness (QED) is 0.300. The van der Waals surface area contributed by atoms with Crippen LogP contribution in [0.15, 0.2) is 54.6 Å². The van der Waals surface area contributed by atoms with Gasteiger partial charge in [0, 0.05) is 49.9 Å². The Hall–Kier alpha value is -3.86. The number of carbonyl (C=O) groups excluding carboxylic acids is 1. The zero-order valence-electron chi connectivity index (χ0n) is 21.3. The average molecular weight is 544 g/mol. The van der Waals surface area contributed by atoms with Crippen molar-refractivity contribution in [2.24, 2.45) is 0 Å². The van der Waals surface area contributed by atoms with Gasteiger partial charge in [-0.2, -0.15) is 18.3 Å². The largest absolute Gasteiger partial charge is 0.433 e. The molecule has 1 aliphatic rings. The Kier molecular flexibility index (Phi) is 7.11. The minimum atomic E-state index is -4.72. The van der Waals surface area contributed by atoms with E-state index in [-0.39, 0.29) is 48.2 Å². The van der Waals surface area contributed by atoms with Gasteiger partial charge < -0.3 is 4.90 Å². The Morgan fingerprint density at radius 1 is 0.974 bits per heavy atom. The zero-order chi connectivity index (χ0) is 27.9. The number of hydrogen-bond donors (Lipinski definition) is 0. The molecule has 2 aromatic heterocycles. The van der Waals surface area contributed by atoms with Crippen LogP contribution in [0, 0.1) is 11.6 Å². The summed E-state index contributed by atoms with van der Waals surface area (Å²) in [5, 5.41) is 3.97. The number of fused-ring (bicyclic) bond motifs is 1. The third-order valence-corrected chi connectivity index (χ3v) is 6.89. The number of amides is 1. The molecule has 39 heavy (non-hydrogen) atoms. The van der Waals surface area contributed by atoms with Gasteiger partial charge in [0.15, 0.2) is 28.7 Å². The van der Waals surface area contributed by atoms with Crippen molar-refractivity contribution >= 4 is 11.6 Å². The second kappa shape index (κ2) is 10.4. The fraction of sp³-hybridized carbons (Fsp3) is 0.321. The number of aromatic nitrogens is 3. The second-order valence-electron chi connectivity index (χ2n) is 9.88. The van der Waals surface area contributed by atoms with E-state index in [1.807, 2.05) is 30.9 Å². The molecule has 0 atom stereocenters. The van der Waals surface area contributed by atoms with Crippen molar-refractivity contribution in [1.29, 1.82) is 0 Å². The molecule has 0 N–H and O–H groups in total. The maximum Gasteiger partial charge on any atom is 0.433 e. The minimum Gasteiger partial charge on any atom is -0.335 e. The van der Waals surface area contributed by atoms with Gasteiger partial charge in [0.25, 0.3) is 5.91 Å². The van der Waals surface area contributed by atoms with Gasteiger partial charge in [0.1, 0.15) is 0 Å². The van der Waals surface area contributed by atoms with Crippen molar-refractivity contribution in [3.05, 3.63) is 88.7 Å². The summed E-state index contributed by atoms with van der Waals surface area (Å²) in [4.78, 5) is 20.9. The molecule has 3 heterocycles. The lowest BCUT2D eigenvalue weighted by Gasteiger charge is -2.34. The lowest BCUT2D eigenvalue weighted by Crippen LogP contribution is -2.48. The van der Waals surface area contributed by atoms with Crippen molar-refractivity contribution in [2.75, 3.05) is 26.2 Å². The van der Waals surface area contributed by atoms with Crippen LogP contribution in [0.4, 0.5) is 22.0 Å². The fourth-order valence-corrected chi connectivity index (χ4v) is 4.65. The molecule has 1 amide bonds. The predicted octanol–water partition coefficient (Wildman–Crippen LogP) is 5.77. The van der Waals surface area contributed by atoms with Crippen LogP contribution in [-0.2, 0) is 12.7 Å². The Labute approximate surface area is 221 Å². The van der Waals surface area contributed by atoms with Gasteiger partial charge in [-0.25, -0.2) is 18.3 Å². The fourth-order valence-electron chi connectivity index (χ4n) is 4.65. The highest BCUT2D eigenvalue weighted by Gasteiger charge is 2.36. The third-order valence-electron chi connectivity index (χ3n) is 6.89. The number of halogens is 5. The third kappa shape index (κ3) is 5.49. The van der Waals surface area contributed by atoms with Crippen LogP contribution in [-0.4, -0.2) is 56.5 Å². The van der Waals surface area contributed by atoms with Crippen LogP contribution in [0.2, 0.25) is 0 Å². The number of nitrogens with zero attached hydrogens (tertiary/aromatic N) is 5. The molecule has 0 saturated carbocycles. The number of carbonyl (C=O) groups is 1. The topological polar surface area (TPSA) is 53.7 Å². The van der Waals surface area contributed by atoms with E-state index in [9.17, 15) is 26.7 Å². The number of rotatable bonds is 5. The summed E-state index contributed by atoms with van der Waals surface area (Å²) in [6, 6.07) is 13.4. The maximum absolute atomic E-state index is 14.0. The van der Waals surface area contributed by atoms with Gasteiger partial charge in [0.05, 0.1) is 5.69 Å². The molecule has 4 aromatic rings. The molecule has 0 unspecified atom stereocenters. The number of benzene rings is 2. The predicted molar refractivity (Wildman–Crippen MR) is 135 cm³/mol. The first kappa shape index (κ1) is 26.7. The van der Waals surface area contributed by atoms with E-state index in [1.54, 1.807) is 12.1 Å². The lowest BCUT2D eigenvalue weighted by molar-refractivity contribution is -0.142. The van der Waals surface area contributed by atoms with Crippen LogP contribution in [0.5, 0.6) is 0 Å². The molecule has 11 heteroatoms. The van der Waals surface area contributed by atoms with Gasteiger partial charge >= 0.3 is 6.18 Å². The molecule has 0 radical (unpaired) electrons. The highest BCUT2D eigenvalue weighted by molar-refractivity contribution is 5.93. The Morgan fingerprint density at radius 3 is 2.31 bits per heavy atom. The summed E-state index contributed by atoms with van der Waals surface area (Å²) < 4.78 is 70.1. The van der Waals surface area contributed by atoms with Crippen molar-refractivity contribution in [3.8, 4) is 11.3 Å². The van der Waals surface area contributed by atoms with Gasteiger partial charge in [-0.1, -0.05) is 50.2 Å². The van der Waals surface area contributed by atoms with E-state index < -0.39 is 29.4 Å². The van der Waals surface area contributed by atoms with E-state index in [4.69, 9.17) is 0 Å². The molecule has 0 aliphatic carbocycles. The highest BCUT2D eigenvalue weighted by atomic mass is 19.4. The summed E-state index contributed by atoms with van der Waals surface area (Å²) in [6.45, 7) is 5.52.